The lowest BCUT2D eigenvalue weighted by molar-refractivity contribution is -0.124. The van der Waals surface area contributed by atoms with Crippen molar-refractivity contribution in [1.29, 1.82) is 0 Å². The van der Waals surface area contributed by atoms with E-state index in [1.54, 1.807) is 0 Å². The summed E-state index contributed by atoms with van der Waals surface area (Å²) in [6.45, 7) is 9.03. The number of carbonyl (C=O) groups excluding carboxylic acids is 2. The summed E-state index contributed by atoms with van der Waals surface area (Å²) in [6, 6.07) is 6.05. The molecule has 2 saturated carbocycles. The molecule has 10 heteroatoms. The average Bonchev–Trinajstić information content (AvgIpc) is 3.05. The first kappa shape index (κ1) is 36.1. The van der Waals surface area contributed by atoms with Crippen LogP contribution in [-0.4, -0.2) is 66.5 Å². The minimum Gasteiger partial charge on any atom is -0.356 e. The van der Waals surface area contributed by atoms with E-state index in [0.717, 1.165) is 80.9 Å². The fourth-order valence-corrected chi connectivity index (χ4v) is 7.83. The van der Waals surface area contributed by atoms with E-state index in [2.05, 4.69) is 51.0 Å². The Kier molecular flexibility index (Phi) is 16.5. The van der Waals surface area contributed by atoms with Crippen molar-refractivity contribution in [1.82, 2.24) is 36.9 Å². The molecule has 1 aliphatic heterocycles. The van der Waals surface area contributed by atoms with Crippen LogP contribution in [0.15, 0.2) is 17.0 Å². The average molecular weight is 644 g/mol. The van der Waals surface area contributed by atoms with E-state index < -0.39 is 0 Å². The predicted molar refractivity (Wildman–Crippen MR) is 185 cm³/mol. The van der Waals surface area contributed by atoms with Gasteiger partial charge in [0.2, 0.25) is 5.91 Å². The zero-order valence-corrected chi connectivity index (χ0v) is 28.9. The number of pyridine rings is 1. The zero-order chi connectivity index (χ0) is 31.7. The second-order valence-electron chi connectivity index (χ2n) is 13.5. The van der Waals surface area contributed by atoms with Crippen LogP contribution in [-0.2, 0) is 17.9 Å². The Morgan fingerprint density at radius 3 is 1.82 bits per heavy atom. The van der Waals surface area contributed by atoms with Gasteiger partial charge in [-0.15, -0.1) is 0 Å². The fourth-order valence-electron chi connectivity index (χ4n) is 7.05. The third-order valence-corrected chi connectivity index (χ3v) is 10.6. The van der Waals surface area contributed by atoms with Crippen molar-refractivity contribution in [2.75, 3.05) is 26.2 Å². The van der Waals surface area contributed by atoms with Crippen LogP contribution in [0.5, 0.6) is 0 Å². The largest absolute Gasteiger partial charge is 0.356 e. The number of carbonyl (C=O) groups is 2. The second kappa shape index (κ2) is 20.5. The summed E-state index contributed by atoms with van der Waals surface area (Å²) in [4.78, 5) is 31.0. The maximum atomic E-state index is 12.9. The van der Waals surface area contributed by atoms with Crippen molar-refractivity contribution >= 4 is 22.9 Å². The summed E-state index contributed by atoms with van der Waals surface area (Å²) in [6.07, 6.45) is 17.2. The number of unbranched alkanes of at least 4 members (excludes halogenated alkanes) is 4. The number of aromatic nitrogens is 1. The number of thioether (sulfide) groups is 1. The lowest BCUT2D eigenvalue weighted by Crippen LogP contribution is -2.53. The molecule has 1 aromatic rings. The van der Waals surface area contributed by atoms with Crippen molar-refractivity contribution in [2.24, 2.45) is 5.92 Å². The van der Waals surface area contributed by atoms with Crippen LogP contribution in [0, 0.1) is 5.92 Å². The van der Waals surface area contributed by atoms with Crippen molar-refractivity contribution in [2.45, 2.75) is 152 Å². The summed E-state index contributed by atoms with van der Waals surface area (Å²) < 4.78 is 0. The summed E-state index contributed by atoms with van der Waals surface area (Å²) in [7, 11) is 0. The van der Waals surface area contributed by atoms with Crippen LogP contribution < -0.4 is 31.9 Å². The Labute approximate surface area is 276 Å². The molecule has 45 heavy (non-hydrogen) atoms. The van der Waals surface area contributed by atoms with Gasteiger partial charge in [0.15, 0.2) is 0 Å². The van der Waals surface area contributed by atoms with Crippen molar-refractivity contribution in [3.8, 4) is 0 Å². The maximum Gasteiger partial charge on any atom is 0.283 e. The van der Waals surface area contributed by atoms with Gasteiger partial charge < -0.3 is 31.9 Å². The van der Waals surface area contributed by atoms with Crippen LogP contribution in [0.3, 0.4) is 0 Å². The topological polar surface area (TPSA) is 119 Å². The molecule has 2 fully saturated rings. The lowest BCUT2D eigenvalue weighted by Gasteiger charge is -2.34. The second-order valence-corrected chi connectivity index (χ2v) is 14.6. The number of rotatable bonds is 12. The molecule has 2 bridgehead atoms. The third kappa shape index (κ3) is 13.1. The minimum absolute atomic E-state index is 0.00803. The van der Waals surface area contributed by atoms with Crippen molar-refractivity contribution in [3.05, 3.63) is 23.5 Å². The monoisotopic (exact) mass is 643 g/mol. The third-order valence-electron chi connectivity index (χ3n) is 9.79. The number of nitrogens with zero attached hydrogens (tertiary/aromatic N) is 1. The molecule has 0 aromatic carbocycles. The van der Waals surface area contributed by atoms with E-state index in [1.165, 1.54) is 63.1 Å². The zero-order valence-electron chi connectivity index (χ0n) is 28.1. The van der Waals surface area contributed by atoms with Crippen LogP contribution >= 0.6 is 11.8 Å². The van der Waals surface area contributed by atoms with Gasteiger partial charge in [0, 0.05) is 74.2 Å². The van der Waals surface area contributed by atoms with Crippen LogP contribution in [0.2, 0.25) is 0 Å². The molecule has 0 spiro atoms. The Hall–Kier alpha value is -1.72. The lowest BCUT2D eigenvalue weighted by atomic mass is 9.89. The molecule has 3 aliphatic rings. The predicted octanol–water partition coefficient (Wildman–Crippen LogP) is 5.38. The molecule has 2 heterocycles. The van der Waals surface area contributed by atoms with Gasteiger partial charge in [-0.3, -0.25) is 14.6 Å². The molecular formula is C35H61N7O2S. The quantitative estimate of drug-likeness (QED) is 0.133. The molecule has 0 saturated heterocycles. The molecule has 9 nitrogen and oxygen atoms in total. The first-order valence-corrected chi connectivity index (χ1v) is 19.0. The van der Waals surface area contributed by atoms with Crippen LogP contribution in [0.4, 0.5) is 4.79 Å². The van der Waals surface area contributed by atoms with E-state index in [0.29, 0.717) is 43.8 Å². The highest BCUT2D eigenvalue weighted by atomic mass is 32.2. The van der Waals surface area contributed by atoms with Gasteiger partial charge in [-0.05, 0) is 68.8 Å². The number of nitrogens with one attached hydrogen (secondary N) is 6. The number of hydrogen-bond donors (Lipinski definition) is 6. The van der Waals surface area contributed by atoms with Crippen molar-refractivity contribution < 1.29 is 9.59 Å². The molecule has 2 amide bonds. The highest BCUT2D eigenvalue weighted by Gasteiger charge is 2.27. The smallest absolute Gasteiger partial charge is 0.283 e. The summed E-state index contributed by atoms with van der Waals surface area (Å²) in [5, 5.41) is 21.5. The first-order valence-electron chi connectivity index (χ1n) is 18.2. The molecule has 6 N–H and O–H groups in total. The van der Waals surface area contributed by atoms with E-state index in [-0.39, 0.29) is 17.1 Å². The highest BCUT2D eigenvalue weighted by molar-refractivity contribution is 8.13. The van der Waals surface area contributed by atoms with Gasteiger partial charge >= 0.3 is 0 Å². The molecular weight excluding hydrogens is 582 g/mol. The normalized spacial score (nSPS) is 25.1. The number of amides is 2. The molecule has 254 valence electrons. The first-order chi connectivity index (χ1) is 22.0. The Morgan fingerprint density at radius 2 is 1.29 bits per heavy atom. The molecule has 0 radical (unpaired) electrons. The standard InChI is InChI=1S/C35H61N7O2S/c1-3-4-13-26(2)34(43)38-18-11-5-6-12-19-39-35(44)45-29-22-27-24-40-32-16-9-7-14-30(32)36-20-21-37-31-15-8-10-17-33(31)41-25-28(23-29)42-27/h22-23,26,30-33,36-37,40-41H,3-21,24-25H2,1-2H3,(H,38,43)(H,39,44)/t26?,30-,31-,32-,33-/m1/s1. The molecule has 2 aliphatic carbocycles. The van der Waals surface area contributed by atoms with Gasteiger partial charge in [0.05, 0.1) is 11.4 Å². The number of hydrogen-bond acceptors (Lipinski definition) is 8. The SMILES string of the molecule is CCCCC(C)C(=O)NCCCCCCNC(=O)Sc1cc2nc(c1)CN[C@@H]1CCCC[C@H]1NCCN[C@@H]1CCCC[C@H]1NC2. The van der Waals surface area contributed by atoms with Crippen molar-refractivity contribution in [3.63, 3.8) is 0 Å². The van der Waals surface area contributed by atoms with Crippen LogP contribution in [0.25, 0.3) is 0 Å². The highest BCUT2D eigenvalue weighted by Crippen LogP contribution is 2.24. The molecule has 1 aromatic heterocycles. The fraction of sp³-hybridized carbons (Fsp3) is 0.800. The van der Waals surface area contributed by atoms with Gasteiger partial charge in [-0.2, -0.15) is 0 Å². The van der Waals surface area contributed by atoms with E-state index in [4.69, 9.17) is 4.98 Å². The number of fused-ring (bicyclic) bond motifs is 4. The van der Waals surface area contributed by atoms with Gasteiger partial charge in [0.25, 0.3) is 5.24 Å². The van der Waals surface area contributed by atoms with E-state index in [1.807, 2.05) is 6.92 Å². The summed E-state index contributed by atoms with van der Waals surface area (Å²) in [5.74, 6) is 0.280. The van der Waals surface area contributed by atoms with Crippen LogP contribution in [0.1, 0.15) is 122 Å². The summed E-state index contributed by atoms with van der Waals surface area (Å²) in [5.41, 5.74) is 2.02. The molecule has 4 rings (SSSR count). The van der Waals surface area contributed by atoms with E-state index >= 15 is 0 Å². The molecule has 1 unspecified atom stereocenters. The van der Waals surface area contributed by atoms with Gasteiger partial charge in [-0.25, -0.2) is 0 Å². The van der Waals surface area contributed by atoms with Gasteiger partial charge in [-0.1, -0.05) is 65.2 Å². The molecule has 5 atom stereocenters. The van der Waals surface area contributed by atoms with E-state index in [9.17, 15) is 9.59 Å². The van der Waals surface area contributed by atoms with Gasteiger partial charge in [0.1, 0.15) is 0 Å². The Bertz CT molecular complexity index is 979. The summed E-state index contributed by atoms with van der Waals surface area (Å²) >= 11 is 1.28. The Morgan fingerprint density at radius 1 is 0.778 bits per heavy atom. The minimum atomic E-state index is -0.00803. The maximum absolute atomic E-state index is 12.9. The Balaban J connectivity index is 1.24.